The van der Waals surface area contributed by atoms with Gasteiger partial charge in [-0.3, -0.25) is 14.7 Å². The molecule has 2 amide bonds. The Hall–Kier alpha value is -3.02. The van der Waals surface area contributed by atoms with E-state index in [4.69, 9.17) is 26.8 Å². The lowest BCUT2D eigenvalue weighted by molar-refractivity contribution is -0.118. The van der Waals surface area contributed by atoms with Gasteiger partial charge in [0.1, 0.15) is 6.10 Å². The predicted molar refractivity (Wildman–Crippen MR) is 119 cm³/mol. The number of cyclic esters (lactones) is 1. The van der Waals surface area contributed by atoms with E-state index in [1.807, 2.05) is 6.92 Å². The number of anilines is 2. The van der Waals surface area contributed by atoms with Gasteiger partial charge in [0, 0.05) is 24.5 Å². The van der Waals surface area contributed by atoms with Crippen LogP contribution >= 0.6 is 11.6 Å². The second-order valence-electron chi connectivity index (χ2n) is 8.40. The van der Waals surface area contributed by atoms with Crippen molar-refractivity contribution in [2.75, 3.05) is 36.5 Å². The molecule has 0 spiro atoms. The van der Waals surface area contributed by atoms with E-state index in [1.165, 1.54) is 11.1 Å². The Bertz CT molecular complexity index is 1110. The van der Waals surface area contributed by atoms with Gasteiger partial charge in [-0.15, -0.1) is 0 Å². The Morgan fingerprint density at radius 2 is 2.18 bits per heavy atom. The number of halogens is 1. The topological polar surface area (TPSA) is 145 Å². The molecule has 1 fully saturated rings. The van der Waals surface area contributed by atoms with Crippen molar-refractivity contribution in [1.29, 1.82) is 0 Å². The van der Waals surface area contributed by atoms with E-state index in [0.29, 0.717) is 30.4 Å². The molecule has 3 unspecified atom stereocenters. The van der Waals surface area contributed by atoms with Crippen LogP contribution in [0, 0.1) is 12.8 Å². The zero-order valence-electron chi connectivity index (χ0n) is 18.0. The lowest BCUT2D eigenvalue weighted by atomic mass is 10.0. The highest BCUT2D eigenvalue weighted by atomic mass is 35.5. The van der Waals surface area contributed by atoms with Gasteiger partial charge in [-0.2, -0.15) is 0 Å². The van der Waals surface area contributed by atoms with E-state index in [0.717, 1.165) is 29.8 Å². The SMILES string of the molecule is Cc1ncc(Cl)c2c1CC(CNCCC1CN(c3cnc4c(n3)NC(=O)CO4)C(=O)O1)C2N. The number of hydrogen-bond donors (Lipinski definition) is 3. The third kappa shape index (κ3) is 4.19. The Morgan fingerprint density at radius 1 is 1.33 bits per heavy atom. The summed E-state index contributed by atoms with van der Waals surface area (Å²) in [4.78, 5) is 38.0. The van der Waals surface area contributed by atoms with Crippen molar-refractivity contribution in [1.82, 2.24) is 20.3 Å². The summed E-state index contributed by atoms with van der Waals surface area (Å²) in [6.07, 6.45) is 3.79. The molecule has 33 heavy (non-hydrogen) atoms. The molecule has 3 aliphatic rings. The predicted octanol–water partition coefficient (Wildman–Crippen LogP) is 1.34. The summed E-state index contributed by atoms with van der Waals surface area (Å²) in [5.41, 5.74) is 9.57. The van der Waals surface area contributed by atoms with Crippen LogP contribution in [0.4, 0.5) is 16.4 Å². The summed E-state index contributed by atoms with van der Waals surface area (Å²) >= 11 is 6.32. The smallest absolute Gasteiger partial charge is 0.415 e. The number of nitrogens with zero attached hydrogens (tertiary/aromatic N) is 4. The van der Waals surface area contributed by atoms with Gasteiger partial charge in [0.25, 0.3) is 11.8 Å². The fraction of sp³-hybridized carbons (Fsp3) is 0.476. The maximum atomic E-state index is 12.4. The van der Waals surface area contributed by atoms with E-state index in [9.17, 15) is 9.59 Å². The van der Waals surface area contributed by atoms with Crippen LogP contribution in [0.1, 0.15) is 29.3 Å². The minimum atomic E-state index is -0.497. The molecule has 4 heterocycles. The maximum absolute atomic E-state index is 12.4. The third-order valence-electron chi connectivity index (χ3n) is 6.22. The van der Waals surface area contributed by atoms with Gasteiger partial charge >= 0.3 is 6.09 Å². The van der Waals surface area contributed by atoms with Crippen molar-refractivity contribution >= 4 is 35.2 Å². The number of carbonyl (C=O) groups excluding carboxylic acids is 2. The molecule has 2 aliphatic heterocycles. The Morgan fingerprint density at radius 3 is 3.00 bits per heavy atom. The van der Waals surface area contributed by atoms with Crippen LogP contribution in [0.3, 0.4) is 0 Å². The van der Waals surface area contributed by atoms with Gasteiger partial charge < -0.3 is 25.8 Å². The molecule has 174 valence electrons. The van der Waals surface area contributed by atoms with Crippen LogP contribution in [-0.4, -0.2) is 59.3 Å². The molecule has 1 saturated heterocycles. The lowest BCUT2D eigenvalue weighted by Gasteiger charge is -2.18. The van der Waals surface area contributed by atoms with Gasteiger partial charge in [-0.1, -0.05) is 11.6 Å². The number of aryl methyl sites for hydroxylation is 1. The van der Waals surface area contributed by atoms with Gasteiger partial charge in [0.15, 0.2) is 18.2 Å². The number of nitrogens with one attached hydrogen (secondary N) is 2. The van der Waals surface area contributed by atoms with Crippen molar-refractivity contribution in [3.63, 3.8) is 0 Å². The van der Waals surface area contributed by atoms with Gasteiger partial charge in [-0.25, -0.2) is 14.8 Å². The normalized spacial score (nSPS) is 23.6. The number of hydrogen-bond acceptors (Lipinski definition) is 9. The molecule has 5 rings (SSSR count). The van der Waals surface area contributed by atoms with Gasteiger partial charge in [0.2, 0.25) is 0 Å². The molecule has 2 aromatic rings. The number of carbonyl (C=O) groups is 2. The third-order valence-corrected chi connectivity index (χ3v) is 6.52. The number of aromatic nitrogens is 3. The Labute approximate surface area is 195 Å². The van der Waals surface area contributed by atoms with E-state index >= 15 is 0 Å². The minimum absolute atomic E-state index is 0.108. The highest BCUT2D eigenvalue weighted by Crippen LogP contribution is 2.39. The number of pyridine rings is 1. The number of nitrogens with two attached hydrogens (primary N) is 1. The lowest BCUT2D eigenvalue weighted by Crippen LogP contribution is -2.32. The first-order valence-corrected chi connectivity index (χ1v) is 11.2. The summed E-state index contributed by atoms with van der Waals surface area (Å²) in [5.74, 6) is 0.634. The van der Waals surface area contributed by atoms with Crippen LogP contribution in [0.5, 0.6) is 5.88 Å². The van der Waals surface area contributed by atoms with Gasteiger partial charge in [-0.05, 0) is 43.4 Å². The molecule has 0 radical (unpaired) electrons. The zero-order valence-corrected chi connectivity index (χ0v) is 18.8. The first kappa shape index (κ1) is 21.8. The van der Waals surface area contributed by atoms with Crippen LogP contribution < -0.4 is 26.0 Å². The first-order valence-electron chi connectivity index (χ1n) is 10.8. The minimum Gasteiger partial charge on any atom is -0.465 e. The second-order valence-corrected chi connectivity index (χ2v) is 8.81. The number of amides is 2. The highest BCUT2D eigenvalue weighted by molar-refractivity contribution is 6.31. The average molecular weight is 474 g/mol. The number of fused-ring (bicyclic) bond motifs is 2. The molecule has 0 aromatic carbocycles. The largest absolute Gasteiger partial charge is 0.465 e. The molecular weight excluding hydrogens is 450 g/mol. The van der Waals surface area contributed by atoms with E-state index in [1.54, 1.807) is 6.20 Å². The van der Waals surface area contributed by atoms with Crippen molar-refractivity contribution in [3.05, 3.63) is 34.2 Å². The molecule has 12 heteroatoms. The fourth-order valence-corrected chi connectivity index (χ4v) is 4.77. The molecule has 3 atom stereocenters. The molecule has 0 saturated carbocycles. The summed E-state index contributed by atoms with van der Waals surface area (Å²) in [6, 6.07) is -0.131. The van der Waals surface area contributed by atoms with Crippen LogP contribution in [0.15, 0.2) is 12.4 Å². The Kier molecular flexibility index (Phi) is 5.77. The number of rotatable bonds is 6. The first-order chi connectivity index (χ1) is 15.9. The maximum Gasteiger partial charge on any atom is 0.415 e. The Balaban J connectivity index is 1.13. The highest BCUT2D eigenvalue weighted by Gasteiger charge is 2.35. The number of ether oxygens (including phenoxy) is 2. The zero-order chi connectivity index (χ0) is 23.1. The van der Waals surface area contributed by atoms with Crippen molar-refractivity contribution in [2.45, 2.75) is 31.9 Å². The van der Waals surface area contributed by atoms with E-state index in [-0.39, 0.29) is 42.3 Å². The molecule has 0 bridgehead atoms. The summed E-state index contributed by atoms with van der Waals surface area (Å²) in [7, 11) is 0. The van der Waals surface area contributed by atoms with Crippen LogP contribution in [-0.2, 0) is 16.0 Å². The summed E-state index contributed by atoms with van der Waals surface area (Å²) < 4.78 is 10.7. The van der Waals surface area contributed by atoms with E-state index in [2.05, 4.69) is 25.6 Å². The van der Waals surface area contributed by atoms with Crippen molar-refractivity contribution in [3.8, 4) is 5.88 Å². The van der Waals surface area contributed by atoms with E-state index < -0.39 is 6.09 Å². The van der Waals surface area contributed by atoms with Gasteiger partial charge in [0.05, 0.1) is 17.8 Å². The van der Waals surface area contributed by atoms with Crippen molar-refractivity contribution < 1.29 is 19.1 Å². The second kappa shape index (κ2) is 8.73. The fourth-order valence-electron chi connectivity index (χ4n) is 4.48. The standard InChI is InChI=1S/C21H24ClN7O4/c1-10-13-4-11(18(23)17(13)14(22)6-25-10)5-24-3-2-12-8-29(21(31)33-12)15-7-26-20-19(27-15)28-16(30)9-32-20/h6-7,11-12,18,24H,2-5,8-9,23H2,1H3,(H,27,28,30). The molecular formula is C21H24ClN7O4. The summed E-state index contributed by atoms with van der Waals surface area (Å²) in [6.45, 7) is 3.61. The molecule has 2 aromatic heterocycles. The monoisotopic (exact) mass is 473 g/mol. The molecule has 1 aliphatic carbocycles. The summed E-state index contributed by atoms with van der Waals surface area (Å²) in [5, 5.41) is 6.64. The quantitative estimate of drug-likeness (QED) is 0.529. The van der Waals surface area contributed by atoms with Crippen LogP contribution in [0.2, 0.25) is 5.02 Å². The van der Waals surface area contributed by atoms with Crippen LogP contribution in [0.25, 0.3) is 0 Å². The average Bonchev–Trinajstić information content (AvgIpc) is 3.33. The van der Waals surface area contributed by atoms with Crippen molar-refractivity contribution in [2.24, 2.45) is 11.7 Å². The molecule has 11 nitrogen and oxygen atoms in total. The molecule has 4 N–H and O–H groups in total.